The van der Waals surface area contributed by atoms with Crippen molar-refractivity contribution in [2.75, 3.05) is 34.4 Å². The van der Waals surface area contributed by atoms with Gasteiger partial charge < -0.3 is 23.6 Å². The second-order valence-electron chi connectivity index (χ2n) is 7.01. The van der Waals surface area contributed by atoms with Crippen molar-refractivity contribution in [2.24, 2.45) is 5.92 Å². The highest BCUT2D eigenvalue weighted by Gasteiger charge is 2.22. The van der Waals surface area contributed by atoms with Crippen LogP contribution in [-0.2, 0) is 11.2 Å². The number of carbonyl (C=O) groups excluding carboxylic acids is 1. The van der Waals surface area contributed by atoms with Gasteiger partial charge in [0.1, 0.15) is 0 Å². The number of amides is 1. The van der Waals surface area contributed by atoms with Crippen molar-refractivity contribution in [3.05, 3.63) is 18.0 Å². The summed E-state index contributed by atoms with van der Waals surface area (Å²) in [4.78, 5) is 18.8. The van der Waals surface area contributed by atoms with Crippen molar-refractivity contribution in [3.63, 3.8) is 0 Å². The number of hydrogen-bond donors (Lipinski definition) is 0. The summed E-state index contributed by atoms with van der Waals surface area (Å²) in [5.74, 6) is 3.07. The van der Waals surface area contributed by atoms with Gasteiger partial charge in [0.15, 0.2) is 11.5 Å². The molecule has 0 spiro atoms. The molecule has 1 aromatic carbocycles. The SMILES string of the molecule is COc1cc(-c2noc(CCC(=O)N3CCCC(C)C3)n2)cc(OC)c1OC. The first-order valence-electron chi connectivity index (χ1n) is 9.46. The zero-order valence-corrected chi connectivity index (χ0v) is 16.9. The maximum Gasteiger partial charge on any atom is 0.227 e. The van der Waals surface area contributed by atoms with E-state index < -0.39 is 0 Å². The molecule has 1 unspecified atom stereocenters. The number of aryl methyl sites for hydroxylation is 1. The topological polar surface area (TPSA) is 86.9 Å². The number of nitrogens with zero attached hydrogens (tertiary/aromatic N) is 3. The first-order valence-corrected chi connectivity index (χ1v) is 9.46. The van der Waals surface area contributed by atoms with Gasteiger partial charge in [-0.25, -0.2) is 0 Å². The van der Waals surface area contributed by atoms with Crippen LogP contribution in [0.2, 0.25) is 0 Å². The number of carbonyl (C=O) groups is 1. The minimum atomic E-state index is 0.138. The van der Waals surface area contributed by atoms with E-state index in [4.69, 9.17) is 18.7 Å². The Balaban J connectivity index is 1.69. The van der Waals surface area contributed by atoms with Crippen LogP contribution in [0.4, 0.5) is 0 Å². The molecule has 0 radical (unpaired) electrons. The number of ether oxygens (including phenoxy) is 3. The molecule has 8 nitrogen and oxygen atoms in total. The Morgan fingerprint density at radius 2 is 1.93 bits per heavy atom. The molecule has 28 heavy (non-hydrogen) atoms. The molecular weight excluding hydrogens is 362 g/mol. The molecule has 3 rings (SSSR count). The number of hydrogen-bond acceptors (Lipinski definition) is 7. The highest BCUT2D eigenvalue weighted by molar-refractivity contribution is 5.76. The van der Waals surface area contributed by atoms with Crippen LogP contribution in [0.5, 0.6) is 17.2 Å². The highest BCUT2D eigenvalue weighted by Crippen LogP contribution is 2.40. The lowest BCUT2D eigenvalue weighted by Crippen LogP contribution is -2.39. The Morgan fingerprint density at radius 1 is 1.21 bits per heavy atom. The number of rotatable bonds is 7. The van der Waals surface area contributed by atoms with Crippen molar-refractivity contribution >= 4 is 5.91 Å². The van der Waals surface area contributed by atoms with E-state index in [1.807, 2.05) is 4.90 Å². The molecule has 8 heteroatoms. The van der Waals surface area contributed by atoms with Crippen LogP contribution in [0.25, 0.3) is 11.4 Å². The summed E-state index contributed by atoms with van der Waals surface area (Å²) < 4.78 is 21.4. The van der Waals surface area contributed by atoms with Gasteiger partial charge in [0, 0.05) is 31.5 Å². The standard InChI is InChI=1S/C20H27N3O5/c1-13-6-5-9-23(12-13)18(24)8-7-17-21-20(22-28-17)14-10-15(25-2)19(27-4)16(11-14)26-3/h10-11,13H,5-9,12H2,1-4H3. The first-order chi connectivity index (χ1) is 13.5. The summed E-state index contributed by atoms with van der Waals surface area (Å²) in [6.07, 6.45) is 3.04. The van der Waals surface area contributed by atoms with E-state index in [0.29, 0.717) is 53.3 Å². The molecule has 0 N–H and O–H groups in total. The van der Waals surface area contributed by atoms with Gasteiger partial charge in [-0.1, -0.05) is 12.1 Å². The average Bonchev–Trinajstić information content (AvgIpc) is 3.19. The largest absolute Gasteiger partial charge is 0.493 e. The van der Waals surface area contributed by atoms with E-state index >= 15 is 0 Å². The van der Waals surface area contributed by atoms with Gasteiger partial charge in [0.25, 0.3) is 0 Å². The van der Waals surface area contributed by atoms with E-state index in [1.54, 1.807) is 33.5 Å². The van der Waals surface area contributed by atoms with Crippen molar-refractivity contribution in [3.8, 4) is 28.6 Å². The smallest absolute Gasteiger partial charge is 0.227 e. The molecule has 2 heterocycles. The third-order valence-corrected chi connectivity index (χ3v) is 4.95. The lowest BCUT2D eigenvalue weighted by molar-refractivity contribution is -0.132. The molecule has 1 amide bonds. The van der Waals surface area contributed by atoms with Crippen LogP contribution >= 0.6 is 0 Å². The number of methoxy groups -OCH3 is 3. The van der Waals surface area contributed by atoms with Crippen LogP contribution in [0.15, 0.2) is 16.7 Å². The predicted octanol–water partition coefficient (Wildman–Crippen LogP) is 2.95. The van der Waals surface area contributed by atoms with Gasteiger partial charge in [0.2, 0.25) is 23.4 Å². The fraction of sp³-hybridized carbons (Fsp3) is 0.550. The number of benzene rings is 1. The third kappa shape index (κ3) is 4.37. The molecule has 1 aromatic heterocycles. The average molecular weight is 389 g/mol. The van der Waals surface area contributed by atoms with E-state index in [2.05, 4.69) is 17.1 Å². The summed E-state index contributed by atoms with van der Waals surface area (Å²) in [5.41, 5.74) is 0.681. The third-order valence-electron chi connectivity index (χ3n) is 4.95. The summed E-state index contributed by atoms with van der Waals surface area (Å²) >= 11 is 0. The van der Waals surface area contributed by atoms with Gasteiger partial charge in [-0.15, -0.1) is 0 Å². The van der Waals surface area contributed by atoms with E-state index in [-0.39, 0.29) is 5.91 Å². The monoisotopic (exact) mass is 389 g/mol. The van der Waals surface area contributed by atoms with Crippen LogP contribution < -0.4 is 14.2 Å². The van der Waals surface area contributed by atoms with Crippen molar-refractivity contribution in [2.45, 2.75) is 32.6 Å². The van der Waals surface area contributed by atoms with Gasteiger partial charge in [-0.3, -0.25) is 4.79 Å². The Morgan fingerprint density at radius 3 is 2.54 bits per heavy atom. The summed E-state index contributed by atoms with van der Waals surface area (Å²) in [5, 5.41) is 4.03. The fourth-order valence-corrected chi connectivity index (χ4v) is 3.47. The molecular formula is C20H27N3O5. The zero-order chi connectivity index (χ0) is 20.1. The molecule has 1 aliphatic heterocycles. The maximum absolute atomic E-state index is 12.4. The van der Waals surface area contributed by atoms with Gasteiger partial charge in [-0.2, -0.15) is 4.98 Å². The highest BCUT2D eigenvalue weighted by atomic mass is 16.5. The fourth-order valence-electron chi connectivity index (χ4n) is 3.47. The molecule has 1 atom stereocenters. The van der Waals surface area contributed by atoms with E-state index in [9.17, 15) is 4.79 Å². The van der Waals surface area contributed by atoms with Crippen molar-refractivity contribution in [1.29, 1.82) is 0 Å². The number of aromatic nitrogens is 2. The van der Waals surface area contributed by atoms with E-state index in [0.717, 1.165) is 19.5 Å². The lowest BCUT2D eigenvalue weighted by Gasteiger charge is -2.30. The van der Waals surface area contributed by atoms with Crippen molar-refractivity contribution in [1.82, 2.24) is 15.0 Å². The molecule has 0 bridgehead atoms. The van der Waals surface area contributed by atoms with Crippen LogP contribution in [0.3, 0.4) is 0 Å². The molecule has 152 valence electrons. The second-order valence-corrected chi connectivity index (χ2v) is 7.01. The minimum absolute atomic E-state index is 0.138. The maximum atomic E-state index is 12.4. The quantitative estimate of drug-likeness (QED) is 0.719. The van der Waals surface area contributed by atoms with Gasteiger partial charge >= 0.3 is 0 Å². The van der Waals surface area contributed by atoms with Gasteiger partial charge in [0.05, 0.1) is 21.3 Å². The van der Waals surface area contributed by atoms with Crippen LogP contribution in [0.1, 0.15) is 32.1 Å². The van der Waals surface area contributed by atoms with Crippen LogP contribution in [-0.4, -0.2) is 55.4 Å². The Bertz CT molecular complexity index is 795. The van der Waals surface area contributed by atoms with Crippen LogP contribution in [0, 0.1) is 5.92 Å². The first kappa shape index (κ1) is 20.0. The van der Waals surface area contributed by atoms with Crippen molar-refractivity contribution < 1.29 is 23.5 Å². The number of piperidine rings is 1. The molecule has 0 saturated carbocycles. The molecule has 0 aliphatic carbocycles. The zero-order valence-electron chi connectivity index (χ0n) is 16.9. The summed E-state index contributed by atoms with van der Waals surface area (Å²) in [6.45, 7) is 3.85. The summed E-state index contributed by atoms with van der Waals surface area (Å²) in [7, 11) is 4.65. The number of likely N-dealkylation sites (tertiary alicyclic amines) is 1. The van der Waals surface area contributed by atoms with Gasteiger partial charge in [-0.05, 0) is 30.9 Å². The minimum Gasteiger partial charge on any atom is -0.493 e. The molecule has 1 saturated heterocycles. The summed E-state index contributed by atoms with van der Waals surface area (Å²) in [6, 6.07) is 3.52. The molecule has 1 fully saturated rings. The second kappa shape index (κ2) is 8.95. The lowest BCUT2D eigenvalue weighted by atomic mass is 10.00. The normalized spacial score (nSPS) is 16.7. The molecule has 2 aromatic rings. The Labute approximate surface area is 164 Å². The van der Waals surface area contributed by atoms with E-state index in [1.165, 1.54) is 6.42 Å². The molecule has 1 aliphatic rings. The Kier molecular flexibility index (Phi) is 6.38. The Hall–Kier alpha value is -2.77. The predicted molar refractivity (Wildman–Crippen MR) is 103 cm³/mol.